The molecule has 2 saturated carbocycles. The molecule has 1 spiro atoms. The summed E-state index contributed by atoms with van der Waals surface area (Å²) >= 11 is 0. The Kier molecular flexibility index (Phi) is 9.26. The van der Waals surface area contributed by atoms with Crippen LogP contribution in [0.3, 0.4) is 0 Å². The standard InChI is InChI=1S/C59H64N2O/c1-3-20-40(21-4-1)60(55-34-16-28-47-46-26-11-14-35-56(46)62-58(47)55)42-36-37-45-44-25-9-12-29-49(44)59(52(45)38-42)50-30-13-10-27-48(50)57-51(59)31-17-33-54(57)61(41-22-5-2-6-23-41)53-32-15-19-39-18-7-8-24-43(39)53/h1-5,8,10,16-17,20-21,24,27-28,31-33,38,41,44,46,49,55-56H,6-7,9,11-15,18-19,22-23,25-26,29-30,34-37H2. The van der Waals surface area contributed by atoms with Crippen molar-refractivity contribution in [3.05, 3.63) is 171 Å². The van der Waals surface area contributed by atoms with Gasteiger partial charge in [-0.3, -0.25) is 0 Å². The molecule has 7 unspecified atom stereocenters. The summed E-state index contributed by atoms with van der Waals surface area (Å²) in [5, 5.41) is 0. The highest BCUT2D eigenvalue weighted by Gasteiger charge is 2.60. The van der Waals surface area contributed by atoms with Crippen LogP contribution in [0.2, 0.25) is 0 Å². The molecule has 1 heterocycles. The summed E-state index contributed by atoms with van der Waals surface area (Å²) in [6.45, 7) is 0. The molecule has 2 fully saturated rings. The highest BCUT2D eigenvalue weighted by molar-refractivity contribution is 5.96. The van der Waals surface area contributed by atoms with Gasteiger partial charge in [-0.25, -0.2) is 0 Å². The zero-order valence-corrected chi connectivity index (χ0v) is 36.8. The molecule has 3 heteroatoms. The molecule has 7 atom stereocenters. The monoisotopic (exact) mass is 817 g/mol. The van der Waals surface area contributed by atoms with Crippen LogP contribution in [0, 0.1) is 17.8 Å². The second-order valence-corrected chi connectivity index (χ2v) is 20.5. The molecule has 3 nitrogen and oxygen atoms in total. The number of hydrogen-bond acceptors (Lipinski definition) is 3. The van der Waals surface area contributed by atoms with Crippen LogP contribution in [-0.2, 0) is 10.2 Å². The maximum Gasteiger partial charge on any atom is 0.123 e. The summed E-state index contributed by atoms with van der Waals surface area (Å²) in [6.07, 6.45) is 50.0. The molecule has 2 aromatic carbocycles. The average Bonchev–Trinajstić information content (AvgIpc) is 3.97. The van der Waals surface area contributed by atoms with E-state index in [1.54, 1.807) is 33.4 Å². The molecule has 11 aliphatic rings. The van der Waals surface area contributed by atoms with E-state index in [-0.39, 0.29) is 11.5 Å². The summed E-state index contributed by atoms with van der Waals surface area (Å²) in [5.74, 6) is 3.14. The second-order valence-electron chi connectivity index (χ2n) is 20.5. The van der Waals surface area contributed by atoms with Gasteiger partial charge in [0.2, 0.25) is 0 Å². The van der Waals surface area contributed by atoms with Crippen LogP contribution in [0.15, 0.2) is 160 Å². The van der Waals surface area contributed by atoms with E-state index in [4.69, 9.17) is 4.74 Å². The van der Waals surface area contributed by atoms with Crippen LogP contribution in [0.25, 0.3) is 5.57 Å². The van der Waals surface area contributed by atoms with Crippen molar-refractivity contribution in [2.75, 3.05) is 9.80 Å². The number of allylic oxidation sites excluding steroid dienone is 14. The van der Waals surface area contributed by atoms with Crippen LogP contribution >= 0.6 is 0 Å². The van der Waals surface area contributed by atoms with Crippen molar-refractivity contribution >= 4 is 16.9 Å². The third kappa shape index (κ3) is 5.61. The lowest BCUT2D eigenvalue weighted by molar-refractivity contribution is 0.0746. The number of para-hydroxylation sites is 1. The van der Waals surface area contributed by atoms with Gasteiger partial charge in [0.15, 0.2) is 0 Å². The van der Waals surface area contributed by atoms with E-state index in [0.29, 0.717) is 29.9 Å². The average molecular weight is 817 g/mol. The lowest BCUT2D eigenvalue weighted by Crippen LogP contribution is -2.40. The van der Waals surface area contributed by atoms with E-state index in [1.807, 2.05) is 5.57 Å². The van der Waals surface area contributed by atoms with Gasteiger partial charge in [-0.05, 0) is 179 Å². The Labute approximate surface area is 370 Å². The van der Waals surface area contributed by atoms with Gasteiger partial charge in [-0.1, -0.05) is 115 Å². The molecule has 0 bridgehead atoms. The predicted molar refractivity (Wildman–Crippen MR) is 256 cm³/mol. The van der Waals surface area contributed by atoms with Gasteiger partial charge >= 0.3 is 0 Å². The first-order chi connectivity index (χ1) is 30.8. The van der Waals surface area contributed by atoms with Gasteiger partial charge in [0.05, 0.1) is 6.04 Å². The summed E-state index contributed by atoms with van der Waals surface area (Å²) in [6, 6.07) is 19.7. The molecule has 62 heavy (non-hydrogen) atoms. The highest BCUT2D eigenvalue weighted by atomic mass is 16.5. The number of hydrogen-bond donors (Lipinski definition) is 0. The molecule has 0 amide bonds. The van der Waals surface area contributed by atoms with Crippen LogP contribution < -0.4 is 9.80 Å². The summed E-state index contributed by atoms with van der Waals surface area (Å²) in [4.78, 5) is 5.66. The van der Waals surface area contributed by atoms with Crippen molar-refractivity contribution < 1.29 is 4.74 Å². The quantitative estimate of drug-likeness (QED) is 0.270. The fourth-order valence-electron chi connectivity index (χ4n) is 15.3. The predicted octanol–water partition coefficient (Wildman–Crippen LogP) is 14.8. The number of rotatable bonds is 6. The molecular weight excluding hydrogens is 753 g/mol. The smallest absolute Gasteiger partial charge is 0.123 e. The molecule has 0 aromatic heterocycles. The molecule has 0 saturated heterocycles. The van der Waals surface area contributed by atoms with Gasteiger partial charge in [-0.2, -0.15) is 0 Å². The number of anilines is 2. The molecule has 2 aromatic rings. The zero-order chi connectivity index (χ0) is 40.8. The molecule has 0 radical (unpaired) electrons. The van der Waals surface area contributed by atoms with Gasteiger partial charge in [0, 0.05) is 45.7 Å². The number of nitrogens with zero attached hydrogens (tertiary/aromatic N) is 2. The van der Waals surface area contributed by atoms with Gasteiger partial charge in [0.25, 0.3) is 0 Å². The fourth-order valence-corrected chi connectivity index (χ4v) is 15.3. The Morgan fingerprint density at radius 3 is 2.37 bits per heavy atom. The Hall–Kier alpha value is -4.76. The van der Waals surface area contributed by atoms with Crippen molar-refractivity contribution in [3.8, 4) is 0 Å². The van der Waals surface area contributed by atoms with Gasteiger partial charge < -0.3 is 14.5 Å². The number of benzene rings is 2. The Morgan fingerprint density at radius 1 is 0.629 bits per heavy atom. The maximum atomic E-state index is 7.13. The van der Waals surface area contributed by atoms with E-state index >= 15 is 0 Å². The van der Waals surface area contributed by atoms with Crippen molar-refractivity contribution in [1.29, 1.82) is 0 Å². The highest BCUT2D eigenvalue weighted by Crippen LogP contribution is 2.69. The minimum Gasteiger partial charge on any atom is -0.492 e. The topological polar surface area (TPSA) is 15.7 Å². The maximum absolute atomic E-state index is 7.13. The van der Waals surface area contributed by atoms with Gasteiger partial charge in [-0.15, -0.1) is 0 Å². The largest absolute Gasteiger partial charge is 0.492 e. The number of fused-ring (bicyclic) bond motifs is 10. The summed E-state index contributed by atoms with van der Waals surface area (Å²) < 4.78 is 7.13. The molecule has 316 valence electrons. The molecule has 1 aliphatic heterocycles. The second kappa shape index (κ2) is 15.2. The molecule has 13 rings (SSSR count). The van der Waals surface area contributed by atoms with Crippen molar-refractivity contribution in [3.63, 3.8) is 0 Å². The first-order valence-electron chi connectivity index (χ1n) is 25.2. The molecule has 0 N–H and O–H groups in total. The van der Waals surface area contributed by atoms with Crippen molar-refractivity contribution in [2.24, 2.45) is 17.8 Å². The third-order valence-corrected chi connectivity index (χ3v) is 17.6. The van der Waals surface area contributed by atoms with Crippen LogP contribution in [0.4, 0.5) is 11.4 Å². The Morgan fingerprint density at radius 2 is 1.47 bits per heavy atom. The molecule has 10 aliphatic carbocycles. The van der Waals surface area contributed by atoms with Crippen molar-refractivity contribution in [2.45, 2.75) is 152 Å². The lowest BCUT2D eigenvalue weighted by atomic mass is 9.60. The van der Waals surface area contributed by atoms with E-state index in [2.05, 4.69) is 119 Å². The normalized spacial score (nSPS) is 32.7. The minimum absolute atomic E-state index is 0.0795. The third-order valence-electron chi connectivity index (χ3n) is 17.6. The zero-order valence-electron chi connectivity index (χ0n) is 36.8. The summed E-state index contributed by atoms with van der Waals surface area (Å²) in [5.41, 5.74) is 20.4. The van der Waals surface area contributed by atoms with E-state index in [9.17, 15) is 0 Å². The fraction of sp³-hybridized carbons (Fsp3) is 0.458. The van der Waals surface area contributed by atoms with Crippen molar-refractivity contribution in [1.82, 2.24) is 0 Å². The Balaban J connectivity index is 1.00. The van der Waals surface area contributed by atoms with E-state index in [1.165, 1.54) is 130 Å². The first kappa shape index (κ1) is 37.8. The number of ether oxygens (including phenoxy) is 1. The van der Waals surface area contributed by atoms with Crippen LogP contribution in [-0.4, -0.2) is 18.2 Å². The minimum atomic E-state index is -0.0795. The first-order valence-corrected chi connectivity index (χ1v) is 25.2. The Bertz CT molecular complexity index is 2510. The van der Waals surface area contributed by atoms with Crippen LogP contribution in [0.5, 0.6) is 0 Å². The lowest BCUT2D eigenvalue weighted by Gasteiger charge is -2.44. The van der Waals surface area contributed by atoms with Crippen LogP contribution in [0.1, 0.15) is 140 Å². The SMILES string of the molecule is C1=CC2=C(CC1)CCC=C2N(c1cccc2c1C1=C(CCC=C1)C21C2=C(CCC(N(c3ccccc3)C3CC=CC4=C3OC3CCCCC43)=C2)C2CCCCC21)C1CC=CCC1. The van der Waals surface area contributed by atoms with Gasteiger partial charge in [0.1, 0.15) is 11.9 Å². The summed E-state index contributed by atoms with van der Waals surface area (Å²) in [7, 11) is 0. The van der Waals surface area contributed by atoms with E-state index in [0.717, 1.165) is 38.5 Å². The molecular formula is C59H64N2O. The van der Waals surface area contributed by atoms with E-state index < -0.39 is 0 Å².